The van der Waals surface area contributed by atoms with Crippen LogP contribution in [0.15, 0.2) is 6.20 Å². The number of nitrogens with one attached hydrogen (secondary N) is 1. The van der Waals surface area contributed by atoms with E-state index in [-0.39, 0.29) is 23.8 Å². The van der Waals surface area contributed by atoms with Crippen molar-refractivity contribution in [1.82, 2.24) is 10.3 Å². The summed E-state index contributed by atoms with van der Waals surface area (Å²) in [5.41, 5.74) is 0. The van der Waals surface area contributed by atoms with Gasteiger partial charge in [-0.2, -0.15) is 0 Å². The van der Waals surface area contributed by atoms with Crippen LogP contribution in [0.4, 0.5) is 0 Å². The number of carbonyl (C=O) groups excluding carboxylic acids is 1. The molecule has 6 heteroatoms. The van der Waals surface area contributed by atoms with Crippen LogP contribution < -0.4 is 5.32 Å². The van der Waals surface area contributed by atoms with E-state index < -0.39 is 5.97 Å². The number of carboxylic acid groups (broad SMARTS) is 1. The van der Waals surface area contributed by atoms with Crippen molar-refractivity contribution in [2.75, 3.05) is 0 Å². The Morgan fingerprint density at radius 2 is 2.00 bits per heavy atom. The van der Waals surface area contributed by atoms with Crippen LogP contribution in [-0.2, 0) is 16.0 Å². The molecule has 1 aliphatic carbocycles. The van der Waals surface area contributed by atoms with E-state index in [1.54, 1.807) is 11.3 Å². The first-order valence-electron chi connectivity index (χ1n) is 7.49. The van der Waals surface area contributed by atoms with Crippen molar-refractivity contribution in [3.63, 3.8) is 0 Å². The van der Waals surface area contributed by atoms with Gasteiger partial charge >= 0.3 is 5.97 Å². The van der Waals surface area contributed by atoms with E-state index in [0.29, 0.717) is 25.7 Å². The van der Waals surface area contributed by atoms with E-state index in [1.165, 1.54) is 4.88 Å². The normalized spacial score (nSPS) is 23.5. The number of thiazole rings is 1. The third kappa shape index (κ3) is 4.03. The molecule has 1 fully saturated rings. The molecule has 0 aliphatic heterocycles. The summed E-state index contributed by atoms with van der Waals surface area (Å²) in [6.07, 6.45) is 5.33. The van der Waals surface area contributed by atoms with Gasteiger partial charge in [-0.3, -0.25) is 9.59 Å². The quantitative estimate of drug-likeness (QED) is 0.876. The number of amides is 1. The number of rotatable bonds is 5. The van der Waals surface area contributed by atoms with Gasteiger partial charge < -0.3 is 10.4 Å². The molecule has 0 spiro atoms. The summed E-state index contributed by atoms with van der Waals surface area (Å²) in [7, 11) is 0. The van der Waals surface area contributed by atoms with Gasteiger partial charge in [-0.05, 0) is 39.0 Å². The standard InChI is InChI=1S/C15H22N2O3S/c1-3-12-8-16-14(21-12)9(2)17-13(18)10-4-6-11(7-5-10)15(19)20/h8-11H,3-7H2,1-2H3,(H,17,18)(H,19,20). The predicted molar refractivity (Wildman–Crippen MR) is 81.1 cm³/mol. The maximum Gasteiger partial charge on any atom is 0.306 e. The predicted octanol–water partition coefficient (Wildman–Crippen LogP) is 2.77. The Bertz CT molecular complexity index is 507. The number of carbonyl (C=O) groups is 2. The first-order chi connectivity index (χ1) is 10.0. The largest absolute Gasteiger partial charge is 0.481 e. The van der Waals surface area contributed by atoms with Gasteiger partial charge in [0.2, 0.25) is 5.91 Å². The van der Waals surface area contributed by atoms with Crippen molar-refractivity contribution in [2.45, 2.75) is 52.0 Å². The number of aromatic nitrogens is 1. The lowest BCUT2D eigenvalue weighted by Gasteiger charge is -2.26. The van der Waals surface area contributed by atoms with Gasteiger partial charge in [0.05, 0.1) is 12.0 Å². The number of hydrogen-bond donors (Lipinski definition) is 2. The summed E-state index contributed by atoms with van der Waals surface area (Å²) in [4.78, 5) is 28.7. The van der Waals surface area contributed by atoms with Gasteiger partial charge in [0.1, 0.15) is 5.01 Å². The average Bonchev–Trinajstić information content (AvgIpc) is 2.96. The summed E-state index contributed by atoms with van der Waals surface area (Å²) in [5.74, 6) is -1.05. The highest BCUT2D eigenvalue weighted by Crippen LogP contribution is 2.30. The van der Waals surface area contributed by atoms with Crippen LogP contribution in [0.5, 0.6) is 0 Å². The van der Waals surface area contributed by atoms with Crippen LogP contribution >= 0.6 is 11.3 Å². The molecule has 0 saturated heterocycles. The highest BCUT2D eigenvalue weighted by Gasteiger charge is 2.30. The summed E-state index contributed by atoms with van der Waals surface area (Å²) in [6, 6.07) is -0.0833. The fourth-order valence-electron chi connectivity index (χ4n) is 2.68. The second-order valence-electron chi connectivity index (χ2n) is 5.64. The Balaban J connectivity index is 1.85. The highest BCUT2D eigenvalue weighted by molar-refractivity contribution is 7.11. The minimum absolute atomic E-state index is 0.0274. The van der Waals surface area contributed by atoms with Gasteiger partial charge in [-0.15, -0.1) is 11.3 Å². The lowest BCUT2D eigenvalue weighted by Crippen LogP contribution is -2.35. The van der Waals surface area contributed by atoms with Gasteiger partial charge in [0, 0.05) is 17.0 Å². The van der Waals surface area contributed by atoms with E-state index in [0.717, 1.165) is 11.4 Å². The molecular formula is C15H22N2O3S. The molecule has 2 N–H and O–H groups in total. The zero-order valence-corrected chi connectivity index (χ0v) is 13.3. The van der Waals surface area contributed by atoms with E-state index in [2.05, 4.69) is 17.2 Å². The number of carboxylic acids is 1. The molecule has 0 bridgehead atoms. The van der Waals surface area contributed by atoms with Crippen LogP contribution in [0.3, 0.4) is 0 Å². The monoisotopic (exact) mass is 310 g/mol. The SMILES string of the molecule is CCc1cnc(C(C)NC(=O)C2CCC(C(=O)O)CC2)s1. The van der Waals surface area contributed by atoms with Crippen molar-refractivity contribution in [1.29, 1.82) is 0 Å². The van der Waals surface area contributed by atoms with E-state index in [1.807, 2.05) is 13.1 Å². The first kappa shape index (κ1) is 15.9. The molecule has 0 aromatic carbocycles. The fourth-order valence-corrected chi connectivity index (χ4v) is 3.54. The fraction of sp³-hybridized carbons (Fsp3) is 0.667. The van der Waals surface area contributed by atoms with Crippen LogP contribution in [0.2, 0.25) is 0 Å². The van der Waals surface area contributed by atoms with Crippen LogP contribution in [-0.4, -0.2) is 22.0 Å². The van der Waals surface area contributed by atoms with Gasteiger partial charge in [-0.25, -0.2) is 4.98 Å². The summed E-state index contributed by atoms with van der Waals surface area (Å²) in [6.45, 7) is 4.03. The Kier molecular flexibility index (Phi) is 5.33. The van der Waals surface area contributed by atoms with Crippen molar-refractivity contribution in [3.8, 4) is 0 Å². The van der Waals surface area contributed by atoms with Crippen molar-refractivity contribution in [2.24, 2.45) is 11.8 Å². The lowest BCUT2D eigenvalue weighted by molar-refractivity contribution is -0.144. The molecule has 0 radical (unpaired) electrons. The second kappa shape index (κ2) is 7.02. The number of aliphatic carboxylic acids is 1. The van der Waals surface area contributed by atoms with Gasteiger partial charge in [0.25, 0.3) is 0 Å². The summed E-state index contributed by atoms with van der Waals surface area (Å²) in [5, 5.41) is 12.9. The third-order valence-corrected chi connectivity index (χ3v) is 5.42. The molecule has 1 amide bonds. The lowest BCUT2D eigenvalue weighted by atomic mass is 9.81. The Hall–Kier alpha value is -1.43. The van der Waals surface area contributed by atoms with Gasteiger partial charge in [-0.1, -0.05) is 6.92 Å². The van der Waals surface area contributed by atoms with Crippen molar-refractivity contribution in [3.05, 3.63) is 16.1 Å². The summed E-state index contributed by atoms with van der Waals surface area (Å²) < 4.78 is 0. The molecule has 5 nitrogen and oxygen atoms in total. The molecule has 2 rings (SSSR count). The van der Waals surface area contributed by atoms with Crippen LogP contribution in [0.1, 0.15) is 55.5 Å². The average molecular weight is 310 g/mol. The molecule has 1 unspecified atom stereocenters. The molecule has 1 aromatic heterocycles. The minimum Gasteiger partial charge on any atom is -0.481 e. The van der Waals surface area contributed by atoms with E-state index >= 15 is 0 Å². The van der Waals surface area contributed by atoms with Crippen molar-refractivity contribution < 1.29 is 14.7 Å². The number of aryl methyl sites for hydroxylation is 1. The zero-order valence-electron chi connectivity index (χ0n) is 12.5. The maximum absolute atomic E-state index is 12.3. The number of nitrogens with zero attached hydrogens (tertiary/aromatic N) is 1. The molecular weight excluding hydrogens is 288 g/mol. The Morgan fingerprint density at radius 3 is 2.52 bits per heavy atom. The van der Waals surface area contributed by atoms with E-state index in [9.17, 15) is 9.59 Å². The topological polar surface area (TPSA) is 79.3 Å². The molecule has 1 aliphatic rings. The second-order valence-corrected chi connectivity index (χ2v) is 6.78. The smallest absolute Gasteiger partial charge is 0.306 e. The van der Waals surface area contributed by atoms with Crippen molar-refractivity contribution >= 4 is 23.2 Å². The Labute approximate surface area is 128 Å². The summed E-state index contributed by atoms with van der Waals surface area (Å²) >= 11 is 1.63. The van der Waals surface area contributed by atoms with E-state index in [4.69, 9.17) is 5.11 Å². The third-order valence-electron chi connectivity index (χ3n) is 4.10. The minimum atomic E-state index is -0.739. The zero-order chi connectivity index (χ0) is 15.4. The molecule has 1 atom stereocenters. The first-order valence-corrected chi connectivity index (χ1v) is 8.30. The van der Waals surface area contributed by atoms with Crippen LogP contribution in [0, 0.1) is 11.8 Å². The molecule has 1 saturated carbocycles. The molecule has 1 heterocycles. The number of hydrogen-bond acceptors (Lipinski definition) is 4. The maximum atomic E-state index is 12.3. The highest BCUT2D eigenvalue weighted by atomic mass is 32.1. The van der Waals surface area contributed by atoms with Crippen LogP contribution in [0.25, 0.3) is 0 Å². The van der Waals surface area contributed by atoms with Gasteiger partial charge in [0.15, 0.2) is 0 Å². The molecule has 1 aromatic rings. The Morgan fingerprint density at radius 1 is 1.38 bits per heavy atom. The molecule has 116 valence electrons. The molecule has 21 heavy (non-hydrogen) atoms.